The maximum Gasteiger partial charge on any atom is 0.199 e. The Hall–Kier alpha value is -2.54. The number of aliphatic hydroxyl groups excluding tert-OH is 1. The zero-order valence-corrected chi connectivity index (χ0v) is 18.1. The van der Waals surface area contributed by atoms with Gasteiger partial charge in [0, 0.05) is 16.6 Å². The Morgan fingerprint density at radius 2 is 2.00 bits per heavy atom. The molecular formula is C24H23ClFN3O2. The normalized spacial score (nSPS) is 25.6. The molecule has 0 radical (unpaired) electrons. The maximum atomic E-state index is 13.3. The van der Waals surface area contributed by atoms with Crippen LogP contribution < -0.4 is 0 Å². The summed E-state index contributed by atoms with van der Waals surface area (Å²) >= 11 is 6.05. The number of hydrogen-bond donors (Lipinski definition) is 1. The van der Waals surface area contributed by atoms with E-state index in [9.17, 15) is 9.50 Å². The zero-order chi connectivity index (χ0) is 21.8. The van der Waals surface area contributed by atoms with Crippen LogP contribution in [0.15, 0.2) is 54.4 Å². The second kappa shape index (κ2) is 7.26. The molecule has 2 aromatic heterocycles. The van der Waals surface area contributed by atoms with Crippen molar-refractivity contribution in [3.05, 3.63) is 82.2 Å². The highest BCUT2D eigenvalue weighted by Crippen LogP contribution is 2.57. The average Bonchev–Trinajstić information content (AvgIpc) is 3.25. The van der Waals surface area contributed by atoms with Crippen LogP contribution in [0, 0.1) is 11.2 Å². The molecule has 3 aromatic rings. The maximum absolute atomic E-state index is 13.3. The van der Waals surface area contributed by atoms with E-state index >= 15 is 0 Å². The third-order valence-corrected chi connectivity index (χ3v) is 7.16. The molecule has 1 N–H and O–H groups in total. The summed E-state index contributed by atoms with van der Waals surface area (Å²) in [6.45, 7) is 4.24. The van der Waals surface area contributed by atoms with E-state index in [0.29, 0.717) is 10.7 Å². The molecule has 0 bridgehead atoms. The quantitative estimate of drug-likeness (QED) is 0.563. The Morgan fingerprint density at radius 3 is 2.74 bits per heavy atom. The molecule has 3 atom stereocenters. The summed E-state index contributed by atoms with van der Waals surface area (Å²) in [5.41, 5.74) is 3.72. The van der Waals surface area contributed by atoms with Crippen molar-refractivity contribution in [3.8, 4) is 5.69 Å². The van der Waals surface area contributed by atoms with Gasteiger partial charge in [-0.05, 0) is 74.2 Å². The molecule has 2 aliphatic carbocycles. The molecule has 1 saturated carbocycles. The standard InChI is InChI=1S/C24H23ClFN3O2/c1-23-13-15-14-28-29(19-5-3-18(26)4-6-19)21(15)11-16(23)7-9-24(23,2)31-22(30)20-12-17(25)8-10-27-20/h3-6,8,10-12,14,22,30H,7,9,13H2,1-2H3/t22?,23-,24-/m0/s1. The van der Waals surface area contributed by atoms with Crippen LogP contribution in [0.5, 0.6) is 0 Å². The zero-order valence-electron chi connectivity index (χ0n) is 17.3. The van der Waals surface area contributed by atoms with E-state index in [1.165, 1.54) is 17.7 Å². The molecule has 1 aromatic carbocycles. The van der Waals surface area contributed by atoms with E-state index in [-0.39, 0.29) is 11.2 Å². The van der Waals surface area contributed by atoms with Crippen molar-refractivity contribution in [3.63, 3.8) is 0 Å². The first-order valence-electron chi connectivity index (χ1n) is 10.3. The van der Waals surface area contributed by atoms with Crippen molar-refractivity contribution < 1.29 is 14.2 Å². The van der Waals surface area contributed by atoms with Gasteiger partial charge in [0.05, 0.1) is 28.9 Å². The van der Waals surface area contributed by atoms with Gasteiger partial charge in [0.15, 0.2) is 6.29 Å². The molecule has 0 amide bonds. The summed E-state index contributed by atoms with van der Waals surface area (Å²) in [6, 6.07) is 9.62. The van der Waals surface area contributed by atoms with Crippen molar-refractivity contribution in [1.82, 2.24) is 14.8 Å². The van der Waals surface area contributed by atoms with E-state index in [0.717, 1.165) is 36.2 Å². The van der Waals surface area contributed by atoms with E-state index in [4.69, 9.17) is 16.3 Å². The van der Waals surface area contributed by atoms with Crippen LogP contribution in [0.2, 0.25) is 5.02 Å². The highest BCUT2D eigenvalue weighted by molar-refractivity contribution is 6.30. The molecule has 2 heterocycles. The van der Waals surface area contributed by atoms with Gasteiger partial charge < -0.3 is 9.84 Å². The largest absolute Gasteiger partial charge is 0.363 e. The minimum Gasteiger partial charge on any atom is -0.363 e. The van der Waals surface area contributed by atoms with E-state index in [2.05, 4.69) is 30.0 Å². The summed E-state index contributed by atoms with van der Waals surface area (Å²) in [5, 5.41) is 15.8. The predicted molar refractivity (Wildman–Crippen MR) is 116 cm³/mol. The van der Waals surface area contributed by atoms with Crippen molar-refractivity contribution in [1.29, 1.82) is 0 Å². The molecule has 160 valence electrons. The first kappa shape index (κ1) is 20.4. The highest BCUT2D eigenvalue weighted by atomic mass is 35.5. The van der Waals surface area contributed by atoms with Gasteiger partial charge in [-0.1, -0.05) is 24.1 Å². The number of aliphatic hydroxyl groups is 1. The highest BCUT2D eigenvalue weighted by Gasteiger charge is 2.55. The fraction of sp³-hybridized carbons (Fsp3) is 0.333. The molecule has 0 saturated heterocycles. The molecular weight excluding hydrogens is 417 g/mol. The second-order valence-corrected chi connectivity index (χ2v) is 9.16. The fourth-order valence-corrected chi connectivity index (χ4v) is 5.03. The Balaban J connectivity index is 1.46. The average molecular weight is 440 g/mol. The lowest BCUT2D eigenvalue weighted by Crippen LogP contribution is -2.45. The molecule has 0 aliphatic heterocycles. The van der Waals surface area contributed by atoms with Gasteiger partial charge in [0.2, 0.25) is 0 Å². The molecule has 31 heavy (non-hydrogen) atoms. The summed E-state index contributed by atoms with van der Waals surface area (Å²) in [6.07, 6.45) is 6.81. The number of benzene rings is 1. The number of aromatic nitrogens is 3. The minimum atomic E-state index is -1.16. The van der Waals surface area contributed by atoms with Gasteiger partial charge >= 0.3 is 0 Å². The monoisotopic (exact) mass is 439 g/mol. The summed E-state index contributed by atoms with van der Waals surface area (Å²) in [4.78, 5) is 4.20. The van der Waals surface area contributed by atoms with Crippen LogP contribution in [0.25, 0.3) is 11.8 Å². The Labute approximate surface area is 185 Å². The fourth-order valence-electron chi connectivity index (χ4n) is 4.86. The Morgan fingerprint density at radius 1 is 1.23 bits per heavy atom. The number of hydrogen-bond acceptors (Lipinski definition) is 4. The van der Waals surface area contributed by atoms with Crippen LogP contribution in [0.3, 0.4) is 0 Å². The van der Waals surface area contributed by atoms with Gasteiger partial charge in [-0.25, -0.2) is 9.07 Å². The summed E-state index contributed by atoms with van der Waals surface area (Å²) in [5.74, 6) is -0.271. The lowest BCUT2D eigenvalue weighted by Gasteiger charge is -2.44. The minimum absolute atomic E-state index is 0.271. The van der Waals surface area contributed by atoms with Gasteiger partial charge in [-0.15, -0.1) is 0 Å². The molecule has 7 heteroatoms. The Kier molecular flexibility index (Phi) is 4.77. The third kappa shape index (κ3) is 3.30. The van der Waals surface area contributed by atoms with Crippen LogP contribution in [-0.4, -0.2) is 25.5 Å². The lowest BCUT2D eigenvalue weighted by molar-refractivity contribution is -0.213. The summed E-state index contributed by atoms with van der Waals surface area (Å²) in [7, 11) is 0. The van der Waals surface area contributed by atoms with Gasteiger partial charge in [-0.3, -0.25) is 4.98 Å². The number of ether oxygens (including phenoxy) is 1. The predicted octanol–water partition coefficient (Wildman–Crippen LogP) is 5.27. The molecule has 5 rings (SSSR count). The van der Waals surface area contributed by atoms with Crippen molar-refractivity contribution >= 4 is 17.7 Å². The van der Waals surface area contributed by atoms with Gasteiger partial charge in [0.25, 0.3) is 0 Å². The van der Waals surface area contributed by atoms with Crippen molar-refractivity contribution in [2.75, 3.05) is 0 Å². The third-order valence-electron chi connectivity index (χ3n) is 6.93. The first-order valence-corrected chi connectivity index (χ1v) is 10.7. The van der Waals surface area contributed by atoms with Gasteiger partial charge in [-0.2, -0.15) is 5.10 Å². The second-order valence-electron chi connectivity index (χ2n) is 8.72. The summed E-state index contributed by atoms with van der Waals surface area (Å²) < 4.78 is 21.4. The van der Waals surface area contributed by atoms with E-state index in [1.54, 1.807) is 30.5 Å². The number of rotatable bonds is 4. The number of fused-ring (bicyclic) bond motifs is 2. The molecule has 2 aliphatic rings. The number of nitrogens with zero attached hydrogens (tertiary/aromatic N) is 3. The molecule has 5 nitrogen and oxygen atoms in total. The van der Waals surface area contributed by atoms with E-state index < -0.39 is 11.9 Å². The number of halogens is 2. The van der Waals surface area contributed by atoms with Crippen LogP contribution >= 0.6 is 11.6 Å². The smallest absolute Gasteiger partial charge is 0.199 e. The topological polar surface area (TPSA) is 60.2 Å². The first-order chi connectivity index (χ1) is 14.8. The van der Waals surface area contributed by atoms with Crippen molar-refractivity contribution in [2.45, 2.75) is 45.0 Å². The van der Waals surface area contributed by atoms with Crippen LogP contribution in [-0.2, 0) is 11.2 Å². The van der Waals surface area contributed by atoms with Crippen molar-refractivity contribution in [2.24, 2.45) is 5.41 Å². The molecule has 1 fully saturated rings. The van der Waals surface area contributed by atoms with Gasteiger partial charge in [0.1, 0.15) is 5.82 Å². The molecule has 1 unspecified atom stereocenters. The van der Waals surface area contributed by atoms with Crippen LogP contribution in [0.1, 0.15) is 49.9 Å². The SMILES string of the molecule is C[C@]12Cc3cnn(-c4ccc(F)cc4)c3C=C1CC[C@]2(C)OC(O)c1cc(Cl)ccn1. The molecule has 0 spiro atoms. The van der Waals surface area contributed by atoms with E-state index in [1.807, 2.05) is 10.9 Å². The number of pyridine rings is 1. The Bertz CT molecular complexity index is 1180. The lowest BCUT2D eigenvalue weighted by atomic mass is 9.68. The van der Waals surface area contributed by atoms with Crippen LogP contribution in [0.4, 0.5) is 4.39 Å².